The monoisotopic (exact) mass is 270 g/mol. The maximum Gasteiger partial charge on any atom is 0.433 e. The summed E-state index contributed by atoms with van der Waals surface area (Å²) in [4.78, 5) is 24.6. The highest BCUT2D eigenvalue weighted by atomic mass is 19.4. The van der Waals surface area contributed by atoms with Crippen molar-refractivity contribution in [3.8, 4) is 11.4 Å². The van der Waals surface area contributed by atoms with Crippen molar-refractivity contribution in [1.29, 1.82) is 0 Å². The van der Waals surface area contributed by atoms with Gasteiger partial charge in [-0.3, -0.25) is 9.97 Å². The molecule has 0 bridgehead atoms. The molecule has 0 unspecified atom stereocenters. The summed E-state index contributed by atoms with van der Waals surface area (Å²) in [7, 11) is 0. The number of halogens is 3. The lowest BCUT2D eigenvalue weighted by atomic mass is 10.2. The van der Waals surface area contributed by atoms with E-state index in [1.165, 1.54) is 18.6 Å². The van der Waals surface area contributed by atoms with Crippen LogP contribution in [0.5, 0.6) is 0 Å². The van der Waals surface area contributed by atoms with Crippen molar-refractivity contribution < 1.29 is 23.1 Å². The van der Waals surface area contributed by atoms with Crippen molar-refractivity contribution in [2.75, 3.05) is 0 Å². The molecule has 0 saturated carbocycles. The first-order valence-electron chi connectivity index (χ1n) is 4.84. The molecule has 0 aliphatic rings. The van der Waals surface area contributed by atoms with Gasteiger partial charge in [-0.1, -0.05) is 0 Å². The minimum absolute atomic E-state index is 0.0258. The number of aromatic carboxylic acids is 1. The van der Waals surface area contributed by atoms with Gasteiger partial charge >= 0.3 is 12.1 Å². The number of nitrogens with zero attached hydrogens (tertiary/aromatic N) is 4. The van der Waals surface area contributed by atoms with E-state index in [1.54, 1.807) is 0 Å². The smallest absolute Gasteiger partial charge is 0.433 e. The van der Waals surface area contributed by atoms with Crippen LogP contribution in [-0.4, -0.2) is 31.0 Å². The van der Waals surface area contributed by atoms with Crippen LogP contribution in [0.1, 0.15) is 16.3 Å². The van der Waals surface area contributed by atoms with Gasteiger partial charge < -0.3 is 5.11 Å². The number of carboxylic acid groups (broad SMARTS) is 1. The largest absolute Gasteiger partial charge is 0.475 e. The summed E-state index contributed by atoms with van der Waals surface area (Å²) in [5.41, 5.74) is -1.58. The molecule has 1 N–H and O–H groups in total. The molecule has 2 aromatic heterocycles. The van der Waals surface area contributed by atoms with Gasteiger partial charge in [0.25, 0.3) is 0 Å². The van der Waals surface area contributed by atoms with Gasteiger partial charge in [0.1, 0.15) is 11.4 Å². The van der Waals surface area contributed by atoms with Crippen molar-refractivity contribution in [3.05, 3.63) is 36.2 Å². The molecule has 0 radical (unpaired) electrons. The fourth-order valence-electron chi connectivity index (χ4n) is 1.25. The van der Waals surface area contributed by atoms with Crippen LogP contribution in [0.25, 0.3) is 11.4 Å². The Balaban J connectivity index is 2.62. The van der Waals surface area contributed by atoms with Gasteiger partial charge in [0.2, 0.25) is 5.82 Å². The Bertz CT molecular complexity index is 616. The molecule has 2 rings (SSSR count). The molecular weight excluding hydrogens is 265 g/mol. The van der Waals surface area contributed by atoms with Crippen LogP contribution in [0.15, 0.2) is 24.7 Å². The van der Waals surface area contributed by atoms with Gasteiger partial charge in [-0.2, -0.15) is 13.2 Å². The predicted molar refractivity (Wildman–Crippen MR) is 55.0 cm³/mol. The molecule has 0 spiro atoms. The molecule has 6 nitrogen and oxygen atoms in total. The van der Waals surface area contributed by atoms with E-state index in [2.05, 4.69) is 19.9 Å². The van der Waals surface area contributed by atoms with Crippen LogP contribution in [0, 0.1) is 0 Å². The van der Waals surface area contributed by atoms with Crippen molar-refractivity contribution in [1.82, 2.24) is 19.9 Å². The highest BCUT2D eigenvalue weighted by molar-refractivity contribution is 5.83. The molecule has 2 aromatic rings. The van der Waals surface area contributed by atoms with Crippen molar-refractivity contribution in [3.63, 3.8) is 0 Å². The topological polar surface area (TPSA) is 88.9 Å². The lowest BCUT2D eigenvalue weighted by Crippen LogP contribution is -2.14. The summed E-state index contributed by atoms with van der Waals surface area (Å²) in [6.45, 7) is 0. The van der Waals surface area contributed by atoms with Crippen LogP contribution in [0.2, 0.25) is 0 Å². The molecule has 0 aromatic carbocycles. The molecule has 0 aliphatic carbocycles. The van der Waals surface area contributed by atoms with Crippen LogP contribution < -0.4 is 0 Å². The first-order chi connectivity index (χ1) is 8.88. The molecule has 0 saturated heterocycles. The van der Waals surface area contributed by atoms with Crippen molar-refractivity contribution >= 4 is 5.97 Å². The first kappa shape index (κ1) is 12.9. The van der Waals surface area contributed by atoms with E-state index in [9.17, 15) is 18.0 Å². The fraction of sp³-hybridized carbons (Fsp3) is 0.100. The number of aromatic nitrogens is 4. The molecule has 98 valence electrons. The summed E-state index contributed by atoms with van der Waals surface area (Å²) >= 11 is 0. The molecule has 0 atom stereocenters. The van der Waals surface area contributed by atoms with Gasteiger partial charge in [0, 0.05) is 12.4 Å². The minimum atomic E-state index is -4.77. The first-order valence-corrected chi connectivity index (χ1v) is 4.84. The van der Waals surface area contributed by atoms with E-state index in [4.69, 9.17) is 5.11 Å². The second kappa shape index (κ2) is 4.59. The second-order valence-corrected chi connectivity index (χ2v) is 3.36. The molecule has 0 aliphatic heterocycles. The highest BCUT2D eigenvalue weighted by Crippen LogP contribution is 2.29. The van der Waals surface area contributed by atoms with Gasteiger partial charge in [0.05, 0.1) is 11.9 Å². The van der Waals surface area contributed by atoms with E-state index in [-0.39, 0.29) is 11.4 Å². The SMILES string of the molecule is O=C(O)c1nc(-c2cnccn2)cc(C(F)(F)F)n1. The van der Waals surface area contributed by atoms with E-state index < -0.39 is 23.7 Å². The second-order valence-electron chi connectivity index (χ2n) is 3.36. The zero-order valence-electron chi connectivity index (χ0n) is 9.09. The number of carbonyl (C=O) groups is 1. The fourth-order valence-corrected chi connectivity index (χ4v) is 1.25. The Morgan fingerprint density at radius 2 is 1.89 bits per heavy atom. The lowest BCUT2D eigenvalue weighted by Gasteiger charge is -2.08. The third-order valence-corrected chi connectivity index (χ3v) is 2.03. The molecular formula is C10H5F3N4O2. The standard InChI is InChI=1S/C10H5F3N4O2/c11-10(12,13)7-3-5(6-4-14-1-2-15-6)16-8(17-7)9(18)19/h1-4H,(H,18,19). The van der Waals surface area contributed by atoms with Gasteiger partial charge in [-0.25, -0.2) is 14.8 Å². The number of rotatable bonds is 2. The normalized spacial score (nSPS) is 11.3. The predicted octanol–water partition coefficient (Wildman–Crippen LogP) is 1.65. The van der Waals surface area contributed by atoms with Crippen molar-refractivity contribution in [2.45, 2.75) is 6.18 Å². The average molecular weight is 270 g/mol. The molecule has 0 fully saturated rings. The molecule has 2 heterocycles. The Morgan fingerprint density at radius 1 is 1.16 bits per heavy atom. The van der Waals surface area contributed by atoms with Crippen LogP contribution >= 0.6 is 0 Å². The number of hydrogen-bond acceptors (Lipinski definition) is 5. The summed E-state index contributed by atoms with van der Waals surface area (Å²) < 4.78 is 37.8. The van der Waals surface area contributed by atoms with Gasteiger partial charge in [-0.05, 0) is 6.07 Å². The van der Waals surface area contributed by atoms with Gasteiger partial charge in [-0.15, -0.1) is 0 Å². The van der Waals surface area contributed by atoms with Crippen LogP contribution in [0.3, 0.4) is 0 Å². The van der Waals surface area contributed by atoms with E-state index >= 15 is 0 Å². The Morgan fingerprint density at radius 3 is 2.42 bits per heavy atom. The maximum absolute atomic E-state index is 12.6. The minimum Gasteiger partial charge on any atom is -0.475 e. The average Bonchev–Trinajstić information content (AvgIpc) is 2.38. The Kier molecular flexibility index (Phi) is 3.11. The molecule has 19 heavy (non-hydrogen) atoms. The lowest BCUT2D eigenvalue weighted by molar-refractivity contribution is -0.141. The summed E-state index contributed by atoms with van der Waals surface area (Å²) in [6.07, 6.45) is -1.02. The van der Waals surface area contributed by atoms with Crippen molar-refractivity contribution in [2.24, 2.45) is 0 Å². The molecule has 9 heteroatoms. The summed E-state index contributed by atoms with van der Waals surface area (Å²) in [6, 6.07) is 0.621. The number of alkyl halides is 3. The summed E-state index contributed by atoms with van der Waals surface area (Å²) in [5, 5.41) is 8.72. The third-order valence-electron chi connectivity index (χ3n) is 2.03. The zero-order valence-corrected chi connectivity index (χ0v) is 9.09. The third kappa shape index (κ3) is 2.81. The van der Waals surface area contributed by atoms with Crippen LogP contribution in [0.4, 0.5) is 13.2 Å². The zero-order chi connectivity index (χ0) is 14.0. The van der Waals surface area contributed by atoms with E-state index in [0.717, 1.165) is 0 Å². The van der Waals surface area contributed by atoms with E-state index in [0.29, 0.717) is 6.07 Å². The number of hydrogen-bond donors (Lipinski definition) is 1. The summed E-state index contributed by atoms with van der Waals surface area (Å²) in [5.74, 6) is -2.60. The quantitative estimate of drug-likeness (QED) is 0.892. The highest BCUT2D eigenvalue weighted by Gasteiger charge is 2.34. The number of carboxylic acids is 1. The Labute approximate surface area is 104 Å². The maximum atomic E-state index is 12.6. The Hall–Kier alpha value is -2.58. The van der Waals surface area contributed by atoms with Gasteiger partial charge in [0.15, 0.2) is 0 Å². The van der Waals surface area contributed by atoms with Crippen LogP contribution in [-0.2, 0) is 6.18 Å². The molecule has 0 amide bonds. The van der Waals surface area contributed by atoms with E-state index in [1.807, 2.05) is 0 Å².